The standard InChI is InChI=1S/C14H16N2O/c1-11(16-13-3-2-8-15-10-13)9-12-4-6-14(17)7-5-12/h2-8,10-11,16-17H,9H2,1H3. The van der Waals surface area contributed by atoms with Crippen LogP contribution in [0.5, 0.6) is 5.75 Å². The van der Waals surface area contributed by atoms with Gasteiger partial charge >= 0.3 is 0 Å². The lowest BCUT2D eigenvalue weighted by atomic mass is 10.1. The summed E-state index contributed by atoms with van der Waals surface area (Å²) in [5.74, 6) is 0.307. The summed E-state index contributed by atoms with van der Waals surface area (Å²) in [5, 5.41) is 12.6. The molecule has 3 nitrogen and oxygen atoms in total. The number of nitrogens with zero attached hydrogens (tertiary/aromatic N) is 1. The molecule has 2 N–H and O–H groups in total. The number of pyridine rings is 1. The minimum Gasteiger partial charge on any atom is -0.508 e. The van der Waals surface area contributed by atoms with Gasteiger partial charge in [0.15, 0.2) is 0 Å². The molecule has 0 fully saturated rings. The first-order chi connectivity index (χ1) is 8.24. The van der Waals surface area contributed by atoms with Crippen molar-refractivity contribution in [2.24, 2.45) is 0 Å². The Morgan fingerprint density at radius 2 is 2.00 bits per heavy atom. The number of aromatic nitrogens is 1. The Labute approximate surface area is 101 Å². The Morgan fingerprint density at radius 1 is 1.24 bits per heavy atom. The quantitative estimate of drug-likeness (QED) is 0.845. The van der Waals surface area contributed by atoms with Crippen LogP contribution in [0.15, 0.2) is 48.8 Å². The van der Waals surface area contributed by atoms with Crippen LogP contribution in [0.1, 0.15) is 12.5 Å². The van der Waals surface area contributed by atoms with Crippen LogP contribution in [-0.2, 0) is 6.42 Å². The lowest BCUT2D eigenvalue weighted by Crippen LogP contribution is -2.17. The summed E-state index contributed by atoms with van der Waals surface area (Å²) < 4.78 is 0. The maximum absolute atomic E-state index is 9.20. The second-order valence-corrected chi connectivity index (χ2v) is 4.16. The van der Waals surface area contributed by atoms with E-state index in [2.05, 4.69) is 17.2 Å². The summed E-state index contributed by atoms with van der Waals surface area (Å²) >= 11 is 0. The Bertz CT molecular complexity index is 453. The molecular formula is C14H16N2O. The van der Waals surface area contributed by atoms with Crippen molar-refractivity contribution in [3.8, 4) is 5.75 Å². The average Bonchev–Trinajstić information content (AvgIpc) is 2.33. The van der Waals surface area contributed by atoms with E-state index in [1.54, 1.807) is 18.3 Å². The maximum Gasteiger partial charge on any atom is 0.115 e. The normalized spacial score (nSPS) is 12.1. The molecule has 0 amide bonds. The van der Waals surface area contributed by atoms with Gasteiger partial charge < -0.3 is 10.4 Å². The van der Waals surface area contributed by atoms with Gasteiger partial charge in [-0.2, -0.15) is 0 Å². The van der Waals surface area contributed by atoms with Crippen molar-refractivity contribution in [2.45, 2.75) is 19.4 Å². The first-order valence-corrected chi connectivity index (χ1v) is 5.68. The van der Waals surface area contributed by atoms with Gasteiger partial charge in [0.2, 0.25) is 0 Å². The molecule has 0 saturated carbocycles. The van der Waals surface area contributed by atoms with E-state index in [0.29, 0.717) is 11.8 Å². The van der Waals surface area contributed by atoms with Crippen molar-refractivity contribution < 1.29 is 5.11 Å². The van der Waals surface area contributed by atoms with Crippen LogP contribution in [0.4, 0.5) is 5.69 Å². The number of phenolic OH excluding ortho intramolecular Hbond substituents is 1. The highest BCUT2D eigenvalue weighted by atomic mass is 16.3. The predicted molar refractivity (Wildman–Crippen MR) is 69.1 cm³/mol. The monoisotopic (exact) mass is 228 g/mol. The van der Waals surface area contributed by atoms with Crippen LogP contribution >= 0.6 is 0 Å². The zero-order valence-corrected chi connectivity index (χ0v) is 9.80. The Hall–Kier alpha value is -2.03. The van der Waals surface area contributed by atoms with Crippen molar-refractivity contribution in [1.29, 1.82) is 0 Å². The van der Waals surface area contributed by atoms with Crippen LogP contribution in [0.2, 0.25) is 0 Å². The van der Waals surface area contributed by atoms with E-state index in [1.807, 2.05) is 30.5 Å². The molecule has 3 heteroatoms. The molecule has 88 valence electrons. The minimum atomic E-state index is 0.307. The summed E-state index contributed by atoms with van der Waals surface area (Å²) in [5.41, 5.74) is 2.23. The van der Waals surface area contributed by atoms with E-state index in [-0.39, 0.29) is 0 Å². The van der Waals surface area contributed by atoms with Gasteiger partial charge in [-0.3, -0.25) is 4.98 Å². The van der Waals surface area contributed by atoms with Gasteiger partial charge in [0, 0.05) is 18.4 Å². The number of benzene rings is 1. The average molecular weight is 228 g/mol. The molecule has 0 bridgehead atoms. The number of anilines is 1. The number of phenols is 1. The molecule has 17 heavy (non-hydrogen) atoms. The third-order valence-electron chi connectivity index (χ3n) is 2.55. The number of rotatable bonds is 4. The third kappa shape index (κ3) is 3.48. The van der Waals surface area contributed by atoms with Crippen molar-refractivity contribution >= 4 is 5.69 Å². The van der Waals surface area contributed by atoms with Gasteiger partial charge in [-0.1, -0.05) is 12.1 Å². The summed E-state index contributed by atoms with van der Waals surface area (Å²) in [4.78, 5) is 4.06. The number of aromatic hydroxyl groups is 1. The van der Waals surface area contributed by atoms with Crippen LogP contribution in [0.3, 0.4) is 0 Å². The van der Waals surface area contributed by atoms with E-state index in [0.717, 1.165) is 12.1 Å². The third-order valence-corrected chi connectivity index (χ3v) is 2.55. The second kappa shape index (κ2) is 5.34. The van der Waals surface area contributed by atoms with Gasteiger partial charge in [0.25, 0.3) is 0 Å². The molecule has 1 unspecified atom stereocenters. The van der Waals surface area contributed by atoms with Crippen molar-refractivity contribution in [1.82, 2.24) is 4.98 Å². The molecule has 0 spiro atoms. The van der Waals surface area contributed by atoms with E-state index in [1.165, 1.54) is 5.56 Å². The molecule has 1 aromatic carbocycles. The van der Waals surface area contributed by atoms with E-state index < -0.39 is 0 Å². The minimum absolute atomic E-state index is 0.307. The molecule has 0 aliphatic heterocycles. The van der Waals surface area contributed by atoms with E-state index in [9.17, 15) is 5.11 Å². The molecule has 0 aliphatic rings. The van der Waals surface area contributed by atoms with Crippen molar-refractivity contribution in [3.63, 3.8) is 0 Å². The fraction of sp³-hybridized carbons (Fsp3) is 0.214. The lowest BCUT2D eigenvalue weighted by molar-refractivity contribution is 0.475. The highest BCUT2D eigenvalue weighted by molar-refractivity contribution is 5.41. The van der Waals surface area contributed by atoms with Gasteiger partial charge in [0.1, 0.15) is 5.75 Å². The fourth-order valence-electron chi connectivity index (χ4n) is 1.77. The SMILES string of the molecule is CC(Cc1ccc(O)cc1)Nc1cccnc1. The molecule has 1 atom stereocenters. The smallest absolute Gasteiger partial charge is 0.115 e. The molecular weight excluding hydrogens is 212 g/mol. The van der Waals surface area contributed by atoms with Crippen molar-refractivity contribution in [3.05, 3.63) is 54.4 Å². The maximum atomic E-state index is 9.20. The largest absolute Gasteiger partial charge is 0.508 e. The summed E-state index contributed by atoms with van der Waals surface area (Å²) in [7, 11) is 0. The summed E-state index contributed by atoms with van der Waals surface area (Å²) in [6, 6.07) is 11.5. The van der Waals surface area contributed by atoms with Gasteiger partial charge in [-0.25, -0.2) is 0 Å². The molecule has 1 heterocycles. The molecule has 0 saturated heterocycles. The molecule has 0 aliphatic carbocycles. The predicted octanol–water partition coefficient (Wildman–Crippen LogP) is 2.83. The molecule has 0 radical (unpaired) electrons. The van der Waals surface area contributed by atoms with Crippen LogP contribution in [0.25, 0.3) is 0 Å². The van der Waals surface area contributed by atoms with Crippen molar-refractivity contribution in [2.75, 3.05) is 5.32 Å². The van der Waals surface area contributed by atoms with Crippen LogP contribution in [-0.4, -0.2) is 16.1 Å². The van der Waals surface area contributed by atoms with Gasteiger partial charge in [-0.05, 0) is 43.2 Å². The zero-order valence-electron chi connectivity index (χ0n) is 9.80. The molecule has 2 aromatic rings. The highest BCUT2D eigenvalue weighted by Crippen LogP contribution is 2.13. The summed E-state index contributed by atoms with van der Waals surface area (Å²) in [6.07, 6.45) is 4.48. The molecule has 2 rings (SSSR count). The zero-order chi connectivity index (χ0) is 12.1. The van der Waals surface area contributed by atoms with E-state index in [4.69, 9.17) is 0 Å². The fourth-order valence-corrected chi connectivity index (χ4v) is 1.77. The Morgan fingerprint density at radius 3 is 2.65 bits per heavy atom. The first kappa shape index (κ1) is 11.5. The highest BCUT2D eigenvalue weighted by Gasteiger charge is 2.03. The molecule has 1 aromatic heterocycles. The first-order valence-electron chi connectivity index (χ1n) is 5.68. The lowest BCUT2D eigenvalue weighted by Gasteiger charge is -2.14. The Balaban J connectivity index is 1.93. The van der Waals surface area contributed by atoms with E-state index >= 15 is 0 Å². The Kier molecular flexibility index (Phi) is 3.60. The van der Waals surface area contributed by atoms with Gasteiger partial charge in [0.05, 0.1) is 5.69 Å². The second-order valence-electron chi connectivity index (χ2n) is 4.16. The van der Waals surface area contributed by atoms with Gasteiger partial charge in [-0.15, -0.1) is 0 Å². The number of hydrogen-bond acceptors (Lipinski definition) is 3. The topological polar surface area (TPSA) is 45.1 Å². The van der Waals surface area contributed by atoms with Crippen LogP contribution in [0, 0.1) is 0 Å². The number of hydrogen-bond donors (Lipinski definition) is 2. The number of nitrogens with one attached hydrogen (secondary N) is 1. The van der Waals surface area contributed by atoms with Crippen LogP contribution < -0.4 is 5.32 Å². The summed E-state index contributed by atoms with van der Waals surface area (Å²) in [6.45, 7) is 2.12.